The molecule has 0 bridgehead atoms. The fourth-order valence-corrected chi connectivity index (χ4v) is 8.05. The van der Waals surface area contributed by atoms with Crippen LogP contribution >= 0.6 is 0 Å². The minimum atomic E-state index is -0.695. The predicted octanol–water partition coefficient (Wildman–Crippen LogP) is 7.32. The standard InChI is InChI=1S/C41H51BF2N7O2/c1-7-9-16-50(23-26(5)19-32(42)38(45-6)47-25(3)4)39-31-22-46-36(30-21-28(52)20-27-12-13-33(43)29(8-2)34(27)30)35(44)37(31)48-40(49-39)53-24-41-14-10-17-51(41)18-11-15-41/h12-13,19-22,25,52H,7-11,14-18,23-24H2,1-6H3,(H,45,47)/b26-19+. The van der Waals surface area contributed by atoms with E-state index in [9.17, 15) is 5.11 Å². The number of benzene rings is 2. The van der Waals surface area contributed by atoms with Gasteiger partial charge in [0.05, 0.1) is 0 Å². The fourth-order valence-electron chi connectivity index (χ4n) is 8.05. The molecule has 0 atom stereocenters. The summed E-state index contributed by atoms with van der Waals surface area (Å²) in [6.07, 6.45) is 9.95. The van der Waals surface area contributed by atoms with Crippen LogP contribution in [0.2, 0.25) is 0 Å². The number of nitrogens with zero attached hydrogens (tertiary/aromatic N) is 6. The Balaban J connectivity index is 1.49. The molecule has 2 aromatic heterocycles. The van der Waals surface area contributed by atoms with E-state index < -0.39 is 11.6 Å². The molecule has 279 valence electrons. The number of hydrogen-bond acceptors (Lipinski definition) is 8. The molecule has 4 heterocycles. The Morgan fingerprint density at radius 3 is 2.60 bits per heavy atom. The molecule has 6 rings (SSSR count). The molecule has 53 heavy (non-hydrogen) atoms. The molecule has 0 aliphatic carbocycles. The summed E-state index contributed by atoms with van der Waals surface area (Å²) in [4.78, 5) is 23.3. The summed E-state index contributed by atoms with van der Waals surface area (Å²) in [5.74, 6) is -0.0545. The molecular weight excluding hydrogens is 671 g/mol. The number of phenolic OH excluding ortho intramolecular Hbond substituents is 1. The van der Waals surface area contributed by atoms with Gasteiger partial charge in [0.2, 0.25) is 0 Å². The number of amidine groups is 1. The Morgan fingerprint density at radius 1 is 1.17 bits per heavy atom. The van der Waals surface area contributed by atoms with Gasteiger partial charge >= 0.3 is 224 Å². The van der Waals surface area contributed by atoms with Crippen molar-refractivity contribution in [3.8, 4) is 23.0 Å². The average Bonchev–Trinajstić information content (AvgIpc) is 3.72. The SMILES string of the molecule is [B]=C(/C=C(\C)CN(CCCC)c1nc(OCC23CCCN2CCC3)nc2c(F)c(-c3cc(O)cc4ccc(F)c(CC)c34)ncc12)C(=NC)NC(C)C. The van der Waals surface area contributed by atoms with E-state index in [4.69, 9.17) is 22.2 Å². The fraction of sp³-hybridized carbons (Fsp3) is 0.488. The van der Waals surface area contributed by atoms with Crippen LogP contribution in [0.3, 0.4) is 0 Å². The molecule has 2 aliphatic rings. The number of rotatable bonds is 14. The number of hydrogen-bond donors (Lipinski definition) is 2. The molecule has 9 nitrogen and oxygen atoms in total. The number of ether oxygens (including phenoxy) is 1. The van der Waals surface area contributed by atoms with Crippen LogP contribution in [0.25, 0.3) is 32.9 Å². The zero-order chi connectivity index (χ0) is 37.9. The van der Waals surface area contributed by atoms with Crippen molar-refractivity contribution in [2.75, 3.05) is 44.7 Å². The average molecular weight is 723 g/mol. The zero-order valence-electron chi connectivity index (χ0n) is 31.9. The Labute approximate surface area is 312 Å². The third-order valence-electron chi connectivity index (χ3n) is 10.5. The van der Waals surface area contributed by atoms with Crippen molar-refractivity contribution in [3.05, 3.63) is 59.3 Å². The van der Waals surface area contributed by atoms with Gasteiger partial charge in [-0.1, -0.05) is 13.0 Å². The molecule has 2 aliphatic heterocycles. The molecule has 0 unspecified atom stereocenters. The molecule has 1 radical (unpaired) electrons. The molecule has 2 saturated heterocycles. The Morgan fingerprint density at radius 2 is 1.92 bits per heavy atom. The number of unbranched alkanes of at least 4 members (excludes halogenated alkanes) is 1. The molecule has 12 heteroatoms. The first-order valence-corrected chi connectivity index (χ1v) is 18.9. The number of phenols is 1. The number of aromatic hydroxyl groups is 1. The minimum absolute atomic E-state index is 0.0340. The first kappa shape index (κ1) is 38.3. The number of nitrogens with one attached hydrogen (secondary N) is 1. The molecule has 2 aromatic carbocycles. The number of aromatic nitrogens is 3. The summed E-state index contributed by atoms with van der Waals surface area (Å²) < 4.78 is 38.8. The molecule has 2 N–H and O–H groups in total. The summed E-state index contributed by atoms with van der Waals surface area (Å²) in [6, 6.07) is 6.20. The summed E-state index contributed by atoms with van der Waals surface area (Å²) in [6.45, 7) is 13.6. The first-order chi connectivity index (χ1) is 25.5. The van der Waals surface area contributed by atoms with Gasteiger partial charge in [0.15, 0.2) is 0 Å². The van der Waals surface area contributed by atoms with Gasteiger partial charge in [-0.2, -0.15) is 0 Å². The normalized spacial score (nSPS) is 16.2. The Kier molecular flexibility index (Phi) is 11.8. The topological polar surface area (TPSA) is 99.0 Å². The van der Waals surface area contributed by atoms with Crippen LogP contribution in [0.1, 0.15) is 78.7 Å². The quantitative estimate of drug-likeness (QED) is 0.0795. The van der Waals surface area contributed by atoms with Crippen LogP contribution in [-0.2, 0) is 6.42 Å². The molecule has 2 fully saturated rings. The van der Waals surface area contributed by atoms with Gasteiger partial charge in [0.25, 0.3) is 0 Å². The second-order valence-corrected chi connectivity index (χ2v) is 14.8. The molecular formula is C41H51BF2N7O2. The monoisotopic (exact) mass is 722 g/mol. The van der Waals surface area contributed by atoms with Crippen molar-refractivity contribution < 1.29 is 18.6 Å². The molecule has 4 aromatic rings. The van der Waals surface area contributed by atoms with Gasteiger partial charge in [0.1, 0.15) is 11.6 Å². The summed E-state index contributed by atoms with van der Waals surface area (Å²) in [7, 11) is 8.20. The third-order valence-corrected chi connectivity index (χ3v) is 10.5. The Bertz CT molecular complexity index is 2060. The van der Waals surface area contributed by atoms with E-state index in [2.05, 4.69) is 32.0 Å². The van der Waals surface area contributed by atoms with E-state index in [0.29, 0.717) is 70.5 Å². The van der Waals surface area contributed by atoms with Crippen LogP contribution in [0, 0.1) is 11.6 Å². The van der Waals surface area contributed by atoms with E-state index >= 15 is 8.78 Å². The van der Waals surface area contributed by atoms with Crippen molar-refractivity contribution in [3.63, 3.8) is 0 Å². The van der Waals surface area contributed by atoms with E-state index in [1.807, 2.05) is 33.8 Å². The third kappa shape index (κ3) is 7.93. The van der Waals surface area contributed by atoms with Crippen molar-refractivity contribution >= 4 is 46.3 Å². The van der Waals surface area contributed by atoms with E-state index in [0.717, 1.165) is 57.2 Å². The van der Waals surface area contributed by atoms with Gasteiger partial charge in [-0.3, -0.25) is 0 Å². The number of halogens is 2. The molecule has 0 saturated carbocycles. The number of anilines is 1. The first-order valence-electron chi connectivity index (χ1n) is 18.9. The van der Waals surface area contributed by atoms with Crippen molar-refractivity contribution in [2.24, 2.45) is 4.99 Å². The zero-order valence-corrected chi connectivity index (χ0v) is 31.9. The second kappa shape index (κ2) is 16.3. The van der Waals surface area contributed by atoms with Crippen LogP contribution in [0.5, 0.6) is 11.8 Å². The van der Waals surface area contributed by atoms with E-state index in [-0.39, 0.29) is 34.6 Å². The van der Waals surface area contributed by atoms with Crippen molar-refractivity contribution in [2.45, 2.75) is 91.1 Å². The molecule has 0 spiro atoms. The summed E-state index contributed by atoms with van der Waals surface area (Å²) >= 11 is 0. The molecule has 0 amide bonds. The number of pyridine rings is 1. The summed E-state index contributed by atoms with van der Waals surface area (Å²) in [5, 5.41) is 15.5. The van der Waals surface area contributed by atoms with Crippen LogP contribution in [0.15, 0.2) is 47.1 Å². The van der Waals surface area contributed by atoms with Crippen molar-refractivity contribution in [1.29, 1.82) is 0 Å². The number of fused-ring (bicyclic) bond motifs is 3. The maximum atomic E-state index is 17.2. The maximum absolute atomic E-state index is 17.2. The van der Waals surface area contributed by atoms with Gasteiger partial charge in [0, 0.05) is 0 Å². The van der Waals surface area contributed by atoms with Crippen LogP contribution < -0.4 is 15.0 Å². The van der Waals surface area contributed by atoms with Gasteiger partial charge in [-0.15, -0.1) is 0 Å². The number of aliphatic imine (C=N–C) groups is 1. The predicted molar refractivity (Wildman–Crippen MR) is 213 cm³/mol. The van der Waals surface area contributed by atoms with Crippen molar-refractivity contribution in [1.82, 2.24) is 25.2 Å². The second-order valence-electron chi connectivity index (χ2n) is 14.8. The van der Waals surface area contributed by atoms with Gasteiger partial charge in [-0.05, 0) is 55.4 Å². The van der Waals surface area contributed by atoms with Gasteiger partial charge < -0.3 is 5.11 Å². The Hall–Kier alpha value is -4.45. The number of aryl methyl sites for hydroxylation is 1. The van der Waals surface area contributed by atoms with Gasteiger partial charge in [-0.25, -0.2) is 4.39 Å². The van der Waals surface area contributed by atoms with Crippen LogP contribution in [-0.4, -0.2) is 95.2 Å². The van der Waals surface area contributed by atoms with Crippen LogP contribution in [0.4, 0.5) is 14.6 Å². The summed E-state index contributed by atoms with van der Waals surface area (Å²) in [5.41, 5.74) is 2.13. The van der Waals surface area contributed by atoms with E-state index in [1.165, 1.54) is 12.1 Å². The van der Waals surface area contributed by atoms with E-state index in [1.54, 1.807) is 25.4 Å².